The highest BCUT2D eigenvalue weighted by Gasteiger charge is 2.07. The number of hydrogen-bond donors (Lipinski definition) is 1. The van der Waals surface area contributed by atoms with Gasteiger partial charge in [0.2, 0.25) is 4.96 Å². The van der Waals surface area contributed by atoms with Crippen LogP contribution in [-0.4, -0.2) is 14.6 Å². The van der Waals surface area contributed by atoms with Crippen LogP contribution in [0.15, 0.2) is 35.1 Å². The molecule has 22 heavy (non-hydrogen) atoms. The van der Waals surface area contributed by atoms with Crippen molar-refractivity contribution in [3.05, 3.63) is 57.0 Å². The Hall–Kier alpha value is -2.72. The third kappa shape index (κ3) is 2.82. The number of aromatic nitrogens is 3. The molecule has 1 aromatic carbocycles. The van der Waals surface area contributed by atoms with Gasteiger partial charge >= 0.3 is 0 Å². The molecule has 0 aliphatic rings. The summed E-state index contributed by atoms with van der Waals surface area (Å²) in [6.07, 6.45) is 0.784. The minimum atomic E-state index is -0.169. The molecule has 0 atom stereocenters. The van der Waals surface area contributed by atoms with E-state index in [0.29, 0.717) is 22.8 Å². The quantitative estimate of drug-likeness (QED) is 0.798. The smallest absolute Gasteiger partial charge is 0.275 e. The SMILES string of the molecule is CCc1nn2c(=O)cc(CNc3ccc(C#N)cc3)nc2s1. The Morgan fingerprint density at radius 3 is 2.82 bits per heavy atom. The number of fused-ring (bicyclic) bond motifs is 1. The predicted octanol–water partition coefficient (Wildman–Crippen LogP) is 2.20. The second kappa shape index (κ2) is 5.95. The summed E-state index contributed by atoms with van der Waals surface area (Å²) in [7, 11) is 0. The van der Waals surface area contributed by atoms with Crippen molar-refractivity contribution in [1.82, 2.24) is 14.6 Å². The van der Waals surface area contributed by atoms with E-state index in [2.05, 4.69) is 21.5 Å². The summed E-state index contributed by atoms with van der Waals surface area (Å²) in [6.45, 7) is 2.44. The first-order chi connectivity index (χ1) is 10.7. The van der Waals surface area contributed by atoms with Crippen molar-refractivity contribution < 1.29 is 0 Å². The first kappa shape index (κ1) is 14.2. The Balaban J connectivity index is 1.81. The van der Waals surface area contributed by atoms with Crippen LogP contribution in [0.1, 0.15) is 23.2 Å². The molecule has 7 heteroatoms. The van der Waals surface area contributed by atoms with E-state index in [4.69, 9.17) is 5.26 Å². The molecule has 3 rings (SSSR count). The predicted molar refractivity (Wildman–Crippen MR) is 85.0 cm³/mol. The monoisotopic (exact) mass is 311 g/mol. The van der Waals surface area contributed by atoms with Crippen LogP contribution in [0.4, 0.5) is 5.69 Å². The Morgan fingerprint density at radius 1 is 1.36 bits per heavy atom. The van der Waals surface area contributed by atoms with Crippen LogP contribution in [0.5, 0.6) is 0 Å². The standard InChI is InChI=1S/C15H13N5OS/c1-2-13-19-20-14(21)7-12(18-15(20)22-13)9-17-11-5-3-10(8-16)4-6-11/h3-7,17H,2,9H2,1H3. The van der Waals surface area contributed by atoms with E-state index in [1.54, 1.807) is 12.1 Å². The lowest BCUT2D eigenvalue weighted by Crippen LogP contribution is -2.16. The van der Waals surface area contributed by atoms with Crippen molar-refractivity contribution in [1.29, 1.82) is 5.26 Å². The van der Waals surface area contributed by atoms with Gasteiger partial charge in [0.25, 0.3) is 5.56 Å². The fourth-order valence-electron chi connectivity index (χ4n) is 1.98. The average molecular weight is 311 g/mol. The van der Waals surface area contributed by atoms with Gasteiger partial charge < -0.3 is 5.32 Å². The van der Waals surface area contributed by atoms with E-state index in [9.17, 15) is 4.79 Å². The molecule has 0 amide bonds. The molecule has 0 aliphatic carbocycles. The molecule has 0 fully saturated rings. The van der Waals surface area contributed by atoms with Crippen molar-refractivity contribution in [3.63, 3.8) is 0 Å². The van der Waals surface area contributed by atoms with Crippen LogP contribution >= 0.6 is 11.3 Å². The molecule has 0 saturated carbocycles. The fourth-order valence-corrected chi connectivity index (χ4v) is 2.84. The molecular formula is C15H13N5OS. The second-order valence-corrected chi connectivity index (χ2v) is 5.71. The van der Waals surface area contributed by atoms with Gasteiger partial charge in [0.1, 0.15) is 5.01 Å². The maximum atomic E-state index is 12.0. The van der Waals surface area contributed by atoms with Gasteiger partial charge in [-0.1, -0.05) is 18.3 Å². The number of nitrogens with zero attached hydrogens (tertiary/aromatic N) is 4. The largest absolute Gasteiger partial charge is 0.379 e. The number of rotatable bonds is 4. The van der Waals surface area contributed by atoms with E-state index >= 15 is 0 Å². The third-order valence-corrected chi connectivity index (χ3v) is 4.18. The molecule has 0 saturated heterocycles. The molecule has 0 bridgehead atoms. The van der Waals surface area contributed by atoms with Crippen molar-refractivity contribution in [2.75, 3.05) is 5.32 Å². The summed E-state index contributed by atoms with van der Waals surface area (Å²) >= 11 is 1.43. The average Bonchev–Trinajstić information content (AvgIpc) is 2.97. The molecule has 1 N–H and O–H groups in total. The molecule has 0 radical (unpaired) electrons. The van der Waals surface area contributed by atoms with Gasteiger partial charge in [0.05, 0.1) is 23.9 Å². The molecule has 0 unspecified atom stereocenters. The highest BCUT2D eigenvalue weighted by atomic mass is 32.1. The molecule has 6 nitrogen and oxygen atoms in total. The Labute approximate surface area is 130 Å². The fraction of sp³-hybridized carbons (Fsp3) is 0.200. The molecule has 110 valence electrons. The normalized spacial score (nSPS) is 10.5. The van der Waals surface area contributed by atoms with E-state index in [-0.39, 0.29) is 5.56 Å². The minimum Gasteiger partial charge on any atom is -0.379 e. The van der Waals surface area contributed by atoms with Crippen molar-refractivity contribution in [3.8, 4) is 6.07 Å². The molecule has 0 spiro atoms. The van der Waals surface area contributed by atoms with Crippen LogP contribution in [0.25, 0.3) is 4.96 Å². The van der Waals surface area contributed by atoms with Crippen LogP contribution in [-0.2, 0) is 13.0 Å². The Morgan fingerprint density at radius 2 is 2.14 bits per heavy atom. The molecule has 2 heterocycles. The highest BCUT2D eigenvalue weighted by Crippen LogP contribution is 2.13. The lowest BCUT2D eigenvalue weighted by atomic mass is 10.2. The summed E-state index contributed by atoms with van der Waals surface area (Å²) in [6, 6.07) is 10.7. The number of anilines is 1. The van der Waals surface area contributed by atoms with Crippen molar-refractivity contribution >= 4 is 22.0 Å². The van der Waals surface area contributed by atoms with Gasteiger partial charge in [-0.25, -0.2) is 4.98 Å². The van der Waals surface area contributed by atoms with Crippen LogP contribution in [0, 0.1) is 11.3 Å². The maximum Gasteiger partial charge on any atom is 0.275 e. The number of benzene rings is 1. The second-order valence-electron chi connectivity index (χ2n) is 4.67. The van der Waals surface area contributed by atoms with Crippen LogP contribution < -0.4 is 10.9 Å². The number of hydrogen-bond acceptors (Lipinski definition) is 6. The first-order valence-electron chi connectivity index (χ1n) is 6.82. The van der Waals surface area contributed by atoms with Crippen LogP contribution in [0.2, 0.25) is 0 Å². The van der Waals surface area contributed by atoms with E-state index in [1.807, 2.05) is 19.1 Å². The molecule has 3 aromatic rings. The lowest BCUT2D eigenvalue weighted by molar-refractivity contribution is 0.846. The van der Waals surface area contributed by atoms with Crippen molar-refractivity contribution in [2.24, 2.45) is 0 Å². The van der Waals surface area contributed by atoms with Gasteiger partial charge in [-0.2, -0.15) is 14.9 Å². The van der Waals surface area contributed by atoms with E-state index in [1.165, 1.54) is 21.9 Å². The van der Waals surface area contributed by atoms with Gasteiger partial charge in [0, 0.05) is 11.8 Å². The summed E-state index contributed by atoms with van der Waals surface area (Å²) < 4.78 is 1.34. The van der Waals surface area contributed by atoms with Crippen molar-refractivity contribution in [2.45, 2.75) is 19.9 Å². The van der Waals surface area contributed by atoms with E-state index in [0.717, 1.165) is 17.1 Å². The summed E-state index contributed by atoms with van der Waals surface area (Å²) in [5.74, 6) is 0. The highest BCUT2D eigenvalue weighted by molar-refractivity contribution is 7.16. The van der Waals surface area contributed by atoms with Gasteiger partial charge in [0.15, 0.2) is 0 Å². The molecular weight excluding hydrogens is 298 g/mol. The molecule has 0 aliphatic heterocycles. The first-order valence-corrected chi connectivity index (χ1v) is 7.64. The number of nitriles is 1. The zero-order valence-electron chi connectivity index (χ0n) is 11.9. The topological polar surface area (TPSA) is 83.1 Å². The molecule has 2 aromatic heterocycles. The van der Waals surface area contributed by atoms with Gasteiger partial charge in [-0.05, 0) is 30.7 Å². The summed E-state index contributed by atoms with van der Waals surface area (Å²) in [4.78, 5) is 17.1. The number of nitrogens with one attached hydrogen (secondary N) is 1. The van der Waals surface area contributed by atoms with Gasteiger partial charge in [-0.3, -0.25) is 4.79 Å². The Bertz CT molecular complexity index is 904. The summed E-state index contributed by atoms with van der Waals surface area (Å²) in [5.41, 5.74) is 1.98. The van der Waals surface area contributed by atoms with E-state index < -0.39 is 0 Å². The summed E-state index contributed by atoms with van der Waals surface area (Å²) in [5, 5.41) is 17.1. The zero-order valence-corrected chi connectivity index (χ0v) is 12.7. The lowest BCUT2D eigenvalue weighted by Gasteiger charge is -2.05. The zero-order chi connectivity index (χ0) is 15.5. The number of aryl methyl sites for hydroxylation is 1. The third-order valence-electron chi connectivity index (χ3n) is 3.13. The van der Waals surface area contributed by atoms with Crippen LogP contribution in [0.3, 0.4) is 0 Å². The van der Waals surface area contributed by atoms with Gasteiger partial charge in [-0.15, -0.1) is 0 Å². The Kier molecular flexibility index (Phi) is 3.85. The minimum absolute atomic E-state index is 0.169. The maximum absolute atomic E-state index is 12.0.